The fraction of sp³-hybridized carbons (Fsp3) is 0.133. The average Bonchev–Trinajstić information content (AvgIpc) is 2.82. The van der Waals surface area contributed by atoms with Gasteiger partial charge in [-0.1, -0.05) is 17.7 Å². The fourth-order valence-electron chi connectivity index (χ4n) is 1.98. The Morgan fingerprint density at radius 1 is 1.25 bits per heavy atom. The number of fused-ring (bicyclic) bond motifs is 1. The minimum absolute atomic E-state index is 0.598. The molecule has 0 bridgehead atoms. The second-order valence-electron chi connectivity index (χ2n) is 4.68. The van der Waals surface area contributed by atoms with Crippen molar-refractivity contribution in [3.05, 3.63) is 59.0 Å². The van der Waals surface area contributed by atoms with Gasteiger partial charge in [0.25, 0.3) is 0 Å². The number of benzene rings is 1. The van der Waals surface area contributed by atoms with E-state index in [4.69, 9.17) is 17.3 Å². The molecule has 0 spiro atoms. The Kier molecular flexibility index (Phi) is 3.59. The van der Waals surface area contributed by atoms with Crippen LogP contribution in [0.4, 0.5) is 5.69 Å². The molecular formula is C15H14ClN3S. The maximum atomic E-state index is 6.02. The van der Waals surface area contributed by atoms with E-state index >= 15 is 0 Å². The van der Waals surface area contributed by atoms with Gasteiger partial charge in [-0.2, -0.15) is 0 Å². The molecule has 2 heterocycles. The summed E-state index contributed by atoms with van der Waals surface area (Å²) in [6, 6.07) is 9.80. The molecule has 0 aliphatic heterocycles. The third-order valence-electron chi connectivity index (χ3n) is 3.01. The van der Waals surface area contributed by atoms with Gasteiger partial charge in [-0.3, -0.25) is 0 Å². The Morgan fingerprint density at radius 3 is 2.90 bits per heavy atom. The molecule has 3 aromatic rings. The van der Waals surface area contributed by atoms with Crippen molar-refractivity contribution in [2.24, 2.45) is 0 Å². The molecule has 0 aliphatic carbocycles. The summed E-state index contributed by atoms with van der Waals surface area (Å²) < 4.78 is 2.06. The van der Waals surface area contributed by atoms with Crippen molar-refractivity contribution in [3.63, 3.8) is 0 Å². The Morgan fingerprint density at radius 2 is 2.10 bits per heavy atom. The van der Waals surface area contributed by atoms with Crippen LogP contribution in [-0.4, -0.2) is 9.38 Å². The quantitative estimate of drug-likeness (QED) is 0.583. The lowest BCUT2D eigenvalue weighted by atomic mass is 10.3. The predicted octanol–water partition coefficient (Wildman–Crippen LogP) is 4.17. The van der Waals surface area contributed by atoms with Crippen molar-refractivity contribution >= 4 is 34.7 Å². The number of rotatable bonds is 3. The molecule has 0 amide bonds. The van der Waals surface area contributed by atoms with E-state index in [2.05, 4.69) is 34.8 Å². The molecule has 3 rings (SSSR count). The van der Waals surface area contributed by atoms with E-state index in [0.29, 0.717) is 10.7 Å². The van der Waals surface area contributed by atoms with Crippen LogP contribution in [0.15, 0.2) is 47.6 Å². The zero-order valence-corrected chi connectivity index (χ0v) is 12.6. The molecule has 3 nitrogen and oxygen atoms in total. The van der Waals surface area contributed by atoms with Crippen LogP contribution in [0.2, 0.25) is 5.02 Å². The largest absolute Gasteiger partial charge is 0.398 e. The van der Waals surface area contributed by atoms with Crippen molar-refractivity contribution in [2.75, 3.05) is 5.73 Å². The second-order valence-corrected chi connectivity index (χ2v) is 6.13. The number of imidazole rings is 1. The van der Waals surface area contributed by atoms with E-state index in [0.717, 1.165) is 22.0 Å². The number of aryl methyl sites for hydroxylation is 1. The lowest BCUT2D eigenvalue weighted by Gasteiger charge is -2.02. The van der Waals surface area contributed by atoms with Gasteiger partial charge in [0.2, 0.25) is 0 Å². The third kappa shape index (κ3) is 2.76. The van der Waals surface area contributed by atoms with E-state index in [1.165, 1.54) is 5.56 Å². The first-order valence-corrected chi connectivity index (χ1v) is 7.60. The van der Waals surface area contributed by atoms with Crippen LogP contribution >= 0.6 is 23.4 Å². The van der Waals surface area contributed by atoms with Gasteiger partial charge in [0, 0.05) is 23.0 Å². The summed E-state index contributed by atoms with van der Waals surface area (Å²) in [7, 11) is 0. The van der Waals surface area contributed by atoms with Crippen LogP contribution in [-0.2, 0) is 5.75 Å². The predicted molar refractivity (Wildman–Crippen MR) is 85.4 cm³/mol. The van der Waals surface area contributed by atoms with Crippen LogP contribution in [0.1, 0.15) is 11.3 Å². The van der Waals surface area contributed by atoms with Crippen molar-refractivity contribution in [3.8, 4) is 0 Å². The van der Waals surface area contributed by atoms with Crippen LogP contribution in [0.3, 0.4) is 0 Å². The Hall–Kier alpha value is -1.65. The number of hydrogen-bond donors (Lipinski definition) is 1. The van der Waals surface area contributed by atoms with E-state index < -0.39 is 0 Å². The number of nitrogens with zero attached hydrogens (tertiary/aromatic N) is 2. The van der Waals surface area contributed by atoms with Gasteiger partial charge in [-0.25, -0.2) is 4.98 Å². The molecule has 2 aromatic heterocycles. The first-order chi connectivity index (χ1) is 9.61. The highest BCUT2D eigenvalue weighted by atomic mass is 35.5. The average molecular weight is 304 g/mol. The molecule has 0 radical (unpaired) electrons. The van der Waals surface area contributed by atoms with Crippen molar-refractivity contribution < 1.29 is 0 Å². The van der Waals surface area contributed by atoms with Gasteiger partial charge >= 0.3 is 0 Å². The molecule has 1 aromatic carbocycles. The summed E-state index contributed by atoms with van der Waals surface area (Å²) in [5, 5.41) is 0.598. The molecule has 2 N–H and O–H groups in total. The van der Waals surface area contributed by atoms with Crippen LogP contribution in [0, 0.1) is 6.92 Å². The van der Waals surface area contributed by atoms with Crippen LogP contribution in [0.5, 0.6) is 0 Å². The second kappa shape index (κ2) is 5.38. The molecule has 0 fully saturated rings. The smallest absolute Gasteiger partial charge is 0.137 e. The zero-order chi connectivity index (χ0) is 14.1. The molecule has 20 heavy (non-hydrogen) atoms. The minimum Gasteiger partial charge on any atom is -0.398 e. The maximum Gasteiger partial charge on any atom is 0.137 e. The number of halogens is 1. The van der Waals surface area contributed by atoms with Crippen LogP contribution in [0.25, 0.3) is 5.65 Å². The van der Waals surface area contributed by atoms with Gasteiger partial charge in [0.1, 0.15) is 5.65 Å². The van der Waals surface area contributed by atoms with E-state index in [1.54, 1.807) is 11.8 Å². The first-order valence-electron chi connectivity index (χ1n) is 6.24. The topological polar surface area (TPSA) is 43.3 Å². The van der Waals surface area contributed by atoms with Gasteiger partial charge in [-0.05, 0) is 36.8 Å². The molecule has 5 heteroatoms. The van der Waals surface area contributed by atoms with Gasteiger partial charge in [-0.15, -0.1) is 11.8 Å². The zero-order valence-electron chi connectivity index (χ0n) is 11.0. The van der Waals surface area contributed by atoms with Crippen LogP contribution < -0.4 is 5.73 Å². The Balaban J connectivity index is 1.77. The Labute approximate surface area is 126 Å². The SMILES string of the molecule is Cc1ccc2nc(CSc3ccc(N)c(Cl)c3)cn2c1. The fourth-order valence-corrected chi connectivity index (χ4v) is 3.04. The number of pyridine rings is 1. The number of nitrogen functional groups attached to an aromatic ring is 1. The first kappa shape index (κ1) is 13.3. The molecular weight excluding hydrogens is 290 g/mol. The minimum atomic E-state index is 0.598. The molecule has 0 atom stereocenters. The highest BCUT2D eigenvalue weighted by Gasteiger charge is 2.04. The standard InChI is InChI=1S/C15H14ClN3S/c1-10-2-5-15-18-11(8-19(15)7-10)9-20-12-3-4-14(17)13(16)6-12/h2-8H,9,17H2,1H3. The lowest BCUT2D eigenvalue weighted by Crippen LogP contribution is -1.86. The van der Waals surface area contributed by atoms with Crippen molar-refractivity contribution in [2.45, 2.75) is 17.6 Å². The summed E-state index contributed by atoms with van der Waals surface area (Å²) in [5.41, 5.74) is 9.56. The summed E-state index contributed by atoms with van der Waals surface area (Å²) in [5.74, 6) is 0.807. The van der Waals surface area contributed by atoms with E-state index in [1.807, 2.05) is 24.3 Å². The summed E-state index contributed by atoms with van der Waals surface area (Å²) in [6.07, 6.45) is 4.14. The van der Waals surface area contributed by atoms with Gasteiger partial charge in [0.05, 0.1) is 16.4 Å². The van der Waals surface area contributed by atoms with E-state index in [9.17, 15) is 0 Å². The van der Waals surface area contributed by atoms with Crippen molar-refractivity contribution in [1.82, 2.24) is 9.38 Å². The summed E-state index contributed by atoms with van der Waals surface area (Å²) in [4.78, 5) is 5.69. The number of hydrogen-bond acceptors (Lipinski definition) is 3. The number of nitrogens with two attached hydrogens (primary N) is 1. The normalized spacial score (nSPS) is 11.1. The van der Waals surface area contributed by atoms with E-state index in [-0.39, 0.29) is 0 Å². The monoisotopic (exact) mass is 303 g/mol. The maximum absolute atomic E-state index is 6.02. The number of aromatic nitrogens is 2. The molecule has 102 valence electrons. The van der Waals surface area contributed by atoms with Gasteiger partial charge < -0.3 is 10.1 Å². The molecule has 0 unspecified atom stereocenters. The Bertz CT molecular complexity index is 767. The molecule has 0 saturated heterocycles. The molecule has 0 aliphatic rings. The highest BCUT2D eigenvalue weighted by molar-refractivity contribution is 7.98. The molecule has 0 saturated carbocycles. The summed E-state index contributed by atoms with van der Waals surface area (Å²) in [6.45, 7) is 2.07. The highest BCUT2D eigenvalue weighted by Crippen LogP contribution is 2.28. The van der Waals surface area contributed by atoms with Crippen molar-refractivity contribution in [1.29, 1.82) is 0 Å². The number of thioether (sulfide) groups is 1. The van der Waals surface area contributed by atoms with Gasteiger partial charge in [0.15, 0.2) is 0 Å². The summed E-state index contributed by atoms with van der Waals surface area (Å²) >= 11 is 7.72. The lowest BCUT2D eigenvalue weighted by molar-refractivity contribution is 1.15. The third-order valence-corrected chi connectivity index (χ3v) is 4.36. The number of anilines is 1.